The van der Waals surface area contributed by atoms with Gasteiger partial charge in [0.1, 0.15) is 16.5 Å². The van der Waals surface area contributed by atoms with Gasteiger partial charge in [0.05, 0.1) is 43.2 Å². The van der Waals surface area contributed by atoms with Crippen LogP contribution in [0.1, 0.15) is 51.1 Å². The lowest BCUT2D eigenvalue weighted by Gasteiger charge is -2.16. The molecule has 0 aromatic heterocycles. The first-order valence-electron chi connectivity index (χ1n) is 9.65. The largest absolute Gasteiger partial charge is 0.506 e. The van der Waals surface area contributed by atoms with E-state index in [0.717, 1.165) is 6.07 Å². The van der Waals surface area contributed by atoms with Crippen LogP contribution in [0.2, 0.25) is 25.1 Å². The number of halogens is 5. The van der Waals surface area contributed by atoms with Crippen LogP contribution >= 0.6 is 58.0 Å². The summed E-state index contributed by atoms with van der Waals surface area (Å²) in [5, 5.41) is 39.0. The van der Waals surface area contributed by atoms with Crippen molar-refractivity contribution in [1.82, 2.24) is 5.32 Å². The van der Waals surface area contributed by atoms with Crippen molar-refractivity contribution in [2.75, 3.05) is 6.54 Å². The molecule has 0 atom stereocenters. The monoisotopic (exact) mass is 585 g/mol. The smallest absolute Gasteiger partial charge is 0.338 e. The fraction of sp³-hybridized carbons (Fsp3) is 0.238. The van der Waals surface area contributed by atoms with Gasteiger partial charge < -0.3 is 25.7 Å². The summed E-state index contributed by atoms with van der Waals surface area (Å²) in [6.45, 7) is 0.108. The van der Waals surface area contributed by atoms with E-state index in [1.54, 1.807) is 0 Å². The molecule has 2 aromatic carbocycles. The van der Waals surface area contributed by atoms with Crippen molar-refractivity contribution in [1.29, 1.82) is 0 Å². The molecule has 0 spiro atoms. The first-order valence-corrected chi connectivity index (χ1v) is 11.5. The number of hydrogen-bond donors (Lipinski definition) is 5. The molecule has 0 unspecified atom stereocenters. The van der Waals surface area contributed by atoms with Gasteiger partial charge in [-0.15, -0.1) is 0 Å². The van der Waals surface area contributed by atoms with E-state index in [2.05, 4.69) is 5.32 Å². The van der Waals surface area contributed by atoms with E-state index in [-0.39, 0.29) is 47.8 Å². The number of carboxylic acids is 2. The number of carbonyl (C=O) groups is 4. The molecule has 5 N–H and O–H groups in total. The molecule has 0 saturated carbocycles. The highest BCUT2D eigenvalue weighted by Crippen LogP contribution is 2.45. The van der Waals surface area contributed by atoms with E-state index in [9.17, 15) is 34.5 Å². The fourth-order valence-corrected chi connectivity index (χ4v) is 4.28. The van der Waals surface area contributed by atoms with E-state index in [0.29, 0.717) is 0 Å². The van der Waals surface area contributed by atoms with Crippen LogP contribution in [0.25, 0.3) is 0 Å². The number of phenolic OH excluding ortho intramolecular Hbond substituents is 2. The number of aliphatic carboxylic acids is 1. The number of aryl methyl sites for hydroxylation is 1. The average Bonchev–Trinajstić information content (AvgIpc) is 2.80. The van der Waals surface area contributed by atoms with Gasteiger partial charge in [0.2, 0.25) is 5.91 Å². The lowest BCUT2D eigenvalue weighted by atomic mass is 9.94. The van der Waals surface area contributed by atoms with Gasteiger partial charge >= 0.3 is 11.9 Å². The van der Waals surface area contributed by atoms with Gasteiger partial charge in [-0.2, -0.15) is 0 Å². The van der Waals surface area contributed by atoms with Crippen LogP contribution in [0, 0.1) is 0 Å². The van der Waals surface area contributed by atoms with Gasteiger partial charge in [0.15, 0.2) is 5.78 Å². The molecule has 35 heavy (non-hydrogen) atoms. The molecule has 14 heteroatoms. The van der Waals surface area contributed by atoms with Crippen molar-refractivity contribution in [2.45, 2.75) is 25.7 Å². The summed E-state index contributed by atoms with van der Waals surface area (Å²) in [4.78, 5) is 47.2. The van der Waals surface area contributed by atoms with Crippen molar-refractivity contribution in [3.63, 3.8) is 0 Å². The molecule has 0 aliphatic carbocycles. The normalized spacial score (nSPS) is 10.8. The number of phenols is 2. The first-order chi connectivity index (χ1) is 16.3. The highest BCUT2D eigenvalue weighted by molar-refractivity contribution is 6.54. The van der Waals surface area contributed by atoms with Crippen molar-refractivity contribution >= 4 is 81.6 Å². The molecule has 0 fully saturated rings. The first kappa shape index (κ1) is 28.8. The third-order valence-corrected chi connectivity index (χ3v) is 6.92. The zero-order valence-corrected chi connectivity index (χ0v) is 21.2. The Hall–Kier alpha value is -2.43. The van der Waals surface area contributed by atoms with E-state index in [1.165, 1.54) is 0 Å². The van der Waals surface area contributed by atoms with Gasteiger partial charge in [-0.1, -0.05) is 58.0 Å². The molecule has 0 aliphatic heterocycles. The molecule has 0 saturated heterocycles. The molecule has 1 amide bonds. The zero-order chi connectivity index (χ0) is 26.6. The molecule has 0 heterocycles. The second kappa shape index (κ2) is 12.0. The number of aromatic hydroxyl groups is 2. The van der Waals surface area contributed by atoms with E-state index in [1.807, 2.05) is 0 Å². The molecule has 0 aliphatic rings. The number of aromatic carboxylic acids is 1. The predicted molar refractivity (Wildman–Crippen MR) is 130 cm³/mol. The van der Waals surface area contributed by atoms with Gasteiger partial charge in [0, 0.05) is 13.0 Å². The fourth-order valence-electron chi connectivity index (χ4n) is 3.04. The lowest BCUT2D eigenvalue weighted by Crippen LogP contribution is -2.25. The predicted octanol–water partition coefficient (Wildman–Crippen LogP) is 5.21. The van der Waals surface area contributed by atoms with Gasteiger partial charge in [-0.05, 0) is 24.5 Å². The van der Waals surface area contributed by atoms with Crippen LogP contribution < -0.4 is 5.32 Å². The minimum Gasteiger partial charge on any atom is -0.506 e. The summed E-state index contributed by atoms with van der Waals surface area (Å²) < 4.78 is 0. The maximum Gasteiger partial charge on any atom is 0.338 e. The number of amides is 1. The lowest BCUT2D eigenvalue weighted by molar-refractivity contribution is -0.138. The number of rotatable bonds is 10. The molecular formula is C21H16Cl5NO8. The van der Waals surface area contributed by atoms with Gasteiger partial charge in [-0.3, -0.25) is 14.4 Å². The van der Waals surface area contributed by atoms with Crippen LogP contribution in [0.4, 0.5) is 0 Å². The molecular weight excluding hydrogens is 571 g/mol. The number of benzene rings is 2. The third-order valence-electron chi connectivity index (χ3n) is 4.76. The second-order valence-electron chi connectivity index (χ2n) is 7.08. The highest BCUT2D eigenvalue weighted by Gasteiger charge is 2.31. The van der Waals surface area contributed by atoms with Crippen LogP contribution in [-0.2, 0) is 16.0 Å². The minimum atomic E-state index is -1.64. The maximum atomic E-state index is 13.3. The average molecular weight is 588 g/mol. The van der Waals surface area contributed by atoms with E-state index >= 15 is 0 Å². The quantitative estimate of drug-likeness (QED) is 0.110. The Labute approximate surface area is 223 Å². The van der Waals surface area contributed by atoms with Gasteiger partial charge in [0.25, 0.3) is 0 Å². The van der Waals surface area contributed by atoms with Crippen LogP contribution in [0.5, 0.6) is 11.5 Å². The Bertz CT molecular complexity index is 1230. The third kappa shape index (κ3) is 6.42. The Morgan fingerprint density at radius 2 is 1.34 bits per heavy atom. The Kier molecular flexibility index (Phi) is 9.88. The number of carboxylic acid groups (broad SMARTS) is 2. The highest BCUT2D eigenvalue weighted by atomic mass is 35.5. The molecule has 2 rings (SSSR count). The van der Waals surface area contributed by atoms with Crippen molar-refractivity contribution in [3.8, 4) is 11.5 Å². The standard InChI is InChI=1S/C21H16Cl5NO8/c22-13-11(12(21(34)35)14(23)16(25)15(13)24)19(32)8-6-7(18(31)17(26)20(8)33)2-1-5-27-9(28)3-4-10(29)30/h6,31,33H,1-5H2,(H,27,28)(H,29,30)(H,34,35). The van der Waals surface area contributed by atoms with Crippen molar-refractivity contribution in [3.05, 3.63) is 53.4 Å². The van der Waals surface area contributed by atoms with Gasteiger partial charge in [-0.25, -0.2) is 4.79 Å². The Morgan fingerprint density at radius 3 is 1.89 bits per heavy atom. The maximum absolute atomic E-state index is 13.3. The number of ketones is 1. The molecule has 2 aromatic rings. The summed E-state index contributed by atoms with van der Waals surface area (Å²) in [6.07, 6.45) is -0.234. The number of nitrogens with one attached hydrogen (secondary N) is 1. The topological polar surface area (TPSA) is 161 Å². The molecule has 188 valence electrons. The molecule has 9 nitrogen and oxygen atoms in total. The van der Waals surface area contributed by atoms with Crippen molar-refractivity contribution < 1.29 is 39.6 Å². The number of hydrogen-bond acceptors (Lipinski definition) is 6. The Morgan fingerprint density at radius 1 is 0.771 bits per heavy atom. The zero-order valence-electron chi connectivity index (χ0n) is 17.4. The molecule has 0 radical (unpaired) electrons. The summed E-state index contributed by atoms with van der Waals surface area (Å²) in [7, 11) is 0. The van der Waals surface area contributed by atoms with Crippen LogP contribution in [0.3, 0.4) is 0 Å². The summed E-state index contributed by atoms with van der Waals surface area (Å²) in [5.74, 6) is -5.71. The van der Waals surface area contributed by atoms with Crippen molar-refractivity contribution in [2.24, 2.45) is 0 Å². The Balaban J connectivity index is 2.40. The SMILES string of the molecule is O=C(O)CCC(=O)NCCCc1cc(C(=O)c2c(Cl)c(Cl)c(Cl)c(Cl)c2C(=O)O)c(O)c(Cl)c1O. The second-order valence-corrected chi connectivity index (χ2v) is 8.97. The summed E-state index contributed by atoms with van der Waals surface area (Å²) in [5.41, 5.74) is -1.79. The number of carbonyl (C=O) groups excluding carboxylic acids is 2. The van der Waals surface area contributed by atoms with E-state index < -0.39 is 66.9 Å². The summed E-state index contributed by atoms with van der Waals surface area (Å²) >= 11 is 29.9. The summed E-state index contributed by atoms with van der Waals surface area (Å²) in [6, 6.07) is 1.09. The molecule has 0 bridgehead atoms. The van der Waals surface area contributed by atoms with E-state index in [4.69, 9.17) is 63.1 Å². The van der Waals surface area contributed by atoms with Crippen LogP contribution in [-0.4, -0.2) is 50.6 Å². The minimum absolute atomic E-state index is 0.0625. The van der Waals surface area contributed by atoms with Crippen LogP contribution in [0.15, 0.2) is 6.07 Å².